The molecule has 0 radical (unpaired) electrons. The van der Waals surface area contributed by atoms with Crippen molar-refractivity contribution >= 4 is 23.2 Å². The highest BCUT2D eigenvalue weighted by atomic mass is 35.5. The van der Waals surface area contributed by atoms with Crippen molar-refractivity contribution in [2.75, 3.05) is 64.8 Å². The van der Waals surface area contributed by atoms with Crippen LogP contribution in [0.5, 0.6) is 0 Å². The van der Waals surface area contributed by atoms with Crippen LogP contribution in [-0.2, 0) is 4.74 Å². The molecule has 1 aromatic carbocycles. The zero-order valence-electron chi connectivity index (χ0n) is 19.9. The summed E-state index contributed by atoms with van der Waals surface area (Å²) in [6, 6.07) is 7.73. The minimum absolute atomic E-state index is 0.0474. The van der Waals surface area contributed by atoms with Gasteiger partial charge in [-0.25, -0.2) is 10.9 Å². The molecule has 9 nitrogen and oxygen atoms in total. The van der Waals surface area contributed by atoms with Crippen LogP contribution < -0.4 is 26.8 Å². The molecule has 4 aliphatic rings. The van der Waals surface area contributed by atoms with Crippen molar-refractivity contribution in [3.63, 3.8) is 0 Å². The van der Waals surface area contributed by atoms with E-state index >= 15 is 0 Å². The van der Waals surface area contributed by atoms with E-state index in [9.17, 15) is 4.79 Å². The number of carbonyl (C=O) groups is 1. The maximum absolute atomic E-state index is 12.8. The highest BCUT2D eigenvalue weighted by Gasteiger charge is 2.43. The zero-order valence-corrected chi connectivity index (χ0v) is 20.7. The van der Waals surface area contributed by atoms with E-state index in [2.05, 4.69) is 43.6 Å². The molecule has 1 amide bonds. The molecule has 0 saturated carbocycles. The largest absolute Gasteiger partial charge is 0.382 e. The number of hydrogen-bond acceptors (Lipinski definition) is 8. The molecule has 6 unspecified atom stereocenters. The average molecular weight is 492 g/mol. The van der Waals surface area contributed by atoms with Gasteiger partial charge in [0, 0.05) is 49.9 Å². The molecule has 4 aliphatic heterocycles. The first-order valence-electron chi connectivity index (χ1n) is 12.6. The molecule has 0 aliphatic carbocycles. The van der Waals surface area contributed by atoms with Gasteiger partial charge in [-0.3, -0.25) is 9.69 Å². The number of carbonyl (C=O) groups excluding carboxylic acids is 1. The SMILES string of the molecule is CN1CCC(CNC(=O)c2cccc(NCC3NNC4C5CCNCC5OCCN34)c2)C(Cl)C1. The first-order chi connectivity index (χ1) is 16.6. The summed E-state index contributed by atoms with van der Waals surface area (Å²) in [6.45, 7) is 6.85. The van der Waals surface area contributed by atoms with Crippen molar-refractivity contribution in [3.8, 4) is 0 Å². The number of hydrazine groups is 1. The average Bonchev–Trinajstić information content (AvgIpc) is 3.15. The minimum atomic E-state index is -0.0474. The quantitative estimate of drug-likeness (QED) is 0.366. The van der Waals surface area contributed by atoms with E-state index in [0.29, 0.717) is 23.9 Å². The zero-order chi connectivity index (χ0) is 23.5. The van der Waals surface area contributed by atoms with E-state index in [-0.39, 0.29) is 29.7 Å². The van der Waals surface area contributed by atoms with Crippen molar-refractivity contribution < 1.29 is 9.53 Å². The van der Waals surface area contributed by atoms with Gasteiger partial charge in [0.25, 0.3) is 5.91 Å². The molecule has 5 rings (SSSR count). The molecular formula is C24H38ClN7O2. The standard InChI is InChI=1S/C24H38ClN7O2/c1-31-8-6-17(20(25)15-31)12-28-24(33)16-3-2-4-18(11-16)27-14-22-29-30-23-19-5-7-26-13-21(19)34-10-9-32(22)23/h2-4,11,17,19-23,26-27,29-30H,5-10,12-15H2,1H3,(H,28,33). The van der Waals surface area contributed by atoms with E-state index in [1.807, 2.05) is 24.3 Å². The van der Waals surface area contributed by atoms with Crippen LogP contribution in [0.2, 0.25) is 0 Å². The van der Waals surface area contributed by atoms with Crippen LogP contribution in [0.25, 0.3) is 0 Å². The number of fused-ring (bicyclic) bond motifs is 3. The Morgan fingerprint density at radius 2 is 2.15 bits per heavy atom. The maximum atomic E-state index is 12.8. The van der Waals surface area contributed by atoms with Crippen LogP contribution >= 0.6 is 11.6 Å². The van der Waals surface area contributed by atoms with E-state index in [0.717, 1.165) is 64.4 Å². The van der Waals surface area contributed by atoms with Gasteiger partial charge in [-0.05, 0) is 57.1 Å². The molecule has 4 saturated heterocycles. The van der Waals surface area contributed by atoms with Gasteiger partial charge in [0.05, 0.1) is 30.4 Å². The van der Waals surface area contributed by atoms with Crippen molar-refractivity contribution in [1.82, 2.24) is 31.3 Å². The monoisotopic (exact) mass is 491 g/mol. The van der Waals surface area contributed by atoms with Gasteiger partial charge in [-0.15, -0.1) is 11.6 Å². The Kier molecular flexibility index (Phi) is 7.90. The van der Waals surface area contributed by atoms with E-state index < -0.39 is 0 Å². The number of halogens is 1. The summed E-state index contributed by atoms with van der Waals surface area (Å²) < 4.78 is 6.13. The summed E-state index contributed by atoms with van der Waals surface area (Å²) in [5, 5.41) is 10.1. The van der Waals surface area contributed by atoms with E-state index in [1.165, 1.54) is 0 Å². The molecule has 5 N–H and O–H groups in total. The Morgan fingerprint density at radius 3 is 3.03 bits per heavy atom. The molecular weight excluding hydrogens is 454 g/mol. The van der Waals surface area contributed by atoms with Crippen LogP contribution in [0, 0.1) is 11.8 Å². The van der Waals surface area contributed by atoms with Crippen molar-refractivity contribution in [3.05, 3.63) is 29.8 Å². The Hall–Kier alpha value is -1.46. The number of benzene rings is 1. The predicted molar refractivity (Wildman–Crippen MR) is 134 cm³/mol. The number of hydrogen-bond donors (Lipinski definition) is 5. The van der Waals surface area contributed by atoms with Crippen LogP contribution in [-0.4, -0.2) is 99.0 Å². The summed E-state index contributed by atoms with van der Waals surface area (Å²) in [6.07, 6.45) is 2.83. The fraction of sp³-hybridized carbons (Fsp3) is 0.708. The minimum Gasteiger partial charge on any atom is -0.382 e. The van der Waals surface area contributed by atoms with Crippen molar-refractivity contribution in [2.45, 2.75) is 36.7 Å². The summed E-state index contributed by atoms with van der Waals surface area (Å²) in [4.78, 5) is 17.5. The van der Waals surface area contributed by atoms with Gasteiger partial charge in [0.15, 0.2) is 0 Å². The first kappa shape index (κ1) is 24.2. The maximum Gasteiger partial charge on any atom is 0.251 e. The van der Waals surface area contributed by atoms with Gasteiger partial charge in [-0.2, -0.15) is 0 Å². The number of likely N-dealkylation sites (tertiary alicyclic amines) is 1. The second-order valence-corrected chi connectivity index (χ2v) is 10.6. The highest BCUT2D eigenvalue weighted by molar-refractivity contribution is 6.21. The lowest BCUT2D eigenvalue weighted by Gasteiger charge is -2.36. The molecule has 1 aromatic rings. The van der Waals surface area contributed by atoms with E-state index in [1.54, 1.807) is 0 Å². The Bertz CT molecular complexity index is 845. The highest BCUT2D eigenvalue weighted by Crippen LogP contribution is 2.28. The van der Waals surface area contributed by atoms with Crippen LogP contribution in [0.1, 0.15) is 23.2 Å². The van der Waals surface area contributed by atoms with Crippen LogP contribution in [0.15, 0.2) is 24.3 Å². The molecule has 34 heavy (non-hydrogen) atoms. The number of alkyl halides is 1. The van der Waals surface area contributed by atoms with Crippen LogP contribution in [0.4, 0.5) is 5.69 Å². The van der Waals surface area contributed by atoms with Crippen molar-refractivity contribution in [1.29, 1.82) is 0 Å². The van der Waals surface area contributed by atoms with Gasteiger partial charge >= 0.3 is 0 Å². The number of anilines is 1. The van der Waals surface area contributed by atoms with Gasteiger partial charge in [-0.1, -0.05) is 6.07 Å². The molecule has 10 heteroatoms. The fourth-order valence-corrected chi connectivity index (χ4v) is 6.16. The first-order valence-corrected chi connectivity index (χ1v) is 13.1. The Labute approximate surface area is 207 Å². The smallest absolute Gasteiger partial charge is 0.251 e. The summed E-state index contributed by atoms with van der Waals surface area (Å²) in [5.74, 6) is 0.744. The number of nitrogens with zero attached hydrogens (tertiary/aromatic N) is 2. The number of nitrogens with one attached hydrogen (secondary N) is 5. The summed E-state index contributed by atoms with van der Waals surface area (Å²) in [7, 11) is 2.09. The lowest BCUT2D eigenvalue weighted by Crippen LogP contribution is -2.52. The third-order valence-electron chi connectivity index (χ3n) is 7.75. The van der Waals surface area contributed by atoms with Gasteiger partial charge in [0.2, 0.25) is 0 Å². The Balaban J connectivity index is 1.14. The second-order valence-electron chi connectivity index (χ2n) is 10.1. The van der Waals surface area contributed by atoms with Crippen LogP contribution in [0.3, 0.4) is 0 Å². The lowest BCUT2D eigenvalue weighted by molar-refractivity contribution is 0.00522. The third-order valence-corrected chi connectivity index (χ3v) is 8.24. The molecule has 4 heterocycles. The fourth-order valence-electron chi connectivity index (χ4n) is 5.71. The van der Waals surface area contributed by atoms with Gasteiger partial charge < -0.3 is 25.6 Å². The third kappa shape index (κ3) is 5.51. The predicted octanol–water partition coefficient (Wildman–Crippen LogP) is 0.458. The molecule has 0 bridgehead atoms. The molecule has 0 spiro atoms. The number of piperidine rings is 2. The number of amides is 1. The van der Waals surface area contributed by atoms with Gasteiger partial charge in [0.1, 0.15) is 0 Å². The lowest BCUT2D eigenvalue weighted by atomic mass is 9.91. The second kappa shape index (κ2) is 11.1. The Morgan fingerprint density at radius 1 is 1.24 bits per heavy atom. The summed E-state index contributed by atoms with van der Waals surface area (Å²) >= 11 is 6.50. The molecule has 4 fully saturated rings. The van der Waals surface area contributed by atoms with Crippen molar-refractivity contribution in [2.24, 2.45) is 11.8 Å². The normalized spacial score (nSPS) is 34.6. The molecule has 188 valence electrons. The number of rotatable bonds is 6. The number of ether oxygens (including phenoxy) is 1. The molecule has 0 aromatic heterocycles. The van der Waals surface area contributed by atoms with E-state index in [4.69, 9.17) is 16.3 Å². The summed E-state index contributed by atoms with van der Waals surface area (Å²) in [5.41, 5.74) is 8.60. The topological polar surface area (TPSA) is 92.9 Å². The molecule has 6 atom stereocenters.